The van der Waals surface area contributed by atoms with Gasteiger partial charge in [0.25, 0.3) is 0 Å². The van der Waals surface area contributed by atoms with E-state index in [1.54, 1.807) is 24.3 Å². The van der Waals surface area contributed by atoms with E-state index in [0.29, 0.717) is 24.0 Å². The second-order valence-electron chi connectivity index (χ2n) is 4.90. The predicted octanol–water partition coefficient (Wildman–Crippen LogP) is 1.74. The SMILES string of the molecule is CC(C)CNC(=O)CNCC(O)c1ccc(Cl)cc1. The molecule has 0 saturated heterocycles. The van der Waals surface area contributed by atoms with Crippen molar-refractivity contribution < 1.29 is 9.90 Å². The second kappa shape index (κ2) is 8.15. The molecule has 1 rings (SSSR count). The first-order valence-electron chi connectivity index (χ1n) is 6.40. The van der Waals surface area contributed by atoms with Crippen molar-refractivity contribution in [2.45, 2.75) is 20.0 Å². The maximum absolute atomic E-state index is 11.4. The molecule has 0 aliphatic heterocycles. The first kappa shape index (κ1) is 16.0. The molecule has 4 nitrogen and oxygen atoms in total. The van der Waals surface area contributed by atoms with Crippen LogP contribution in [0.15, 0.2) is 24.3 Å². The maximum atomic E-state index is 11.4. The molecule has 0 aliphatic carbocycles. The number of rotatable bonds is 7. The number of hydrogen-bond donors (Lipinski definition) is 3. The summed E-state index contributed by atoms with van der Waals surface area (Å²) in [6.45, 7) is 5.28. The fraction of sp³-hybridized carbons (Fsp3) is 0.500. The maximum Gasteiger partial charge on any atom is 0.233 e. The van der Waals surface area contributed by atoms with E-state index in [1.807, 2.05) is 13.8 Å². The van der Waals surface area contributed by atoms with Gasteiger partial charge in [-0.2, -0.15) is 0 Å². The molecule has 3 N–H and O–H groups in total. The first-order chi connectivity index (χ1) is 8.99. The van der Waals surface area contributed by atoms with Crippen LogP contribution in [0.3, 0.4) is 0 Å². The Balaban J connectivity index is 2.25. The summed E-state index contributed by atoms with van der Waals surface area (Å²) < 4.78 is 0. The third-order valence-electron chi connectivity index (χ3n) is 2.59. The van der Waals surface area contributed by atoms with Gasteiger partial charge in [0.2, 0.25) is 5.91 Å². The van der Waals surface area contributed by atoms with Crippen LogP contribution < -0.4 is 10.6 Å². The summed E-state index contributed by atoms with van der Waals surface area (Å²) in [4.78, 5) is 11.4. The molecule has 106 valence electrons. The van der Waals surface area contributed by atoms with Crippen molar-refractivity contribution in [3.63, 3.8) is 0 Å². The molecule has 1 unspecified atom stereocenters. The smallest absolute Gasteiger partial charge is 0.233 e. The van der Waals surface area contributed by atoms with Crippen LogP contribution in [0.25, 0.3) is 0 Å². The molecule has 0 saturated carbocycles. The first-order valence-corrected chi connectivity index (χ1v) is 6.77. The Hall–Kier alpha value is -1.10. The van der Waals surface area contributed by atoms with E-state index in [-0.39, 0.29) is 12.5 Å². The third kappa shape index (κ3) is 6.57. The quantitative estimate of drug-likeness (QED) is 0.715. The highest BCUT2D eigenvalue weighted by Crippen LogP contribution is 2.15. The molecular formula is C14H21ClN2O2. The zero-order valence-corrected chi connectivity index (χ0v) is 12.1. The third-order valence-corrected chi connectivity index (χ3v) is 2.84. The number of nitrogens with one attached hydrogen (secondary N) is 2. The summed E-state index contributed by atoms with van der Waals surface area (Å²) >= 11 is 5.77. The lowest BCUT2D eigenvalue weighted by atomic mass is 10.1. The Bertz CT molecular complexity index is 393. The van der Waals surface area contributed by atoms with E-state index in [1.165, 1.54) is 0 Å². The predicted molar refractivity (Wildman–Crippen MR) is 77.1 cm³/mol. The minimum absolute atomic E-state index is 0.0583. The van der Waals surface area contributed by atoms with Crippen LogP contribution in [0.5, 0.6) is 0 Å². The molecule has 0 radical (unpaired) electrons. The van der Waals surface area contributed by atoms with Crippen LogP contribution in [0, 0.1) is 5.92 Å². The van der Waals surface area contributed by atoms with Crippen LogP contribution in [0.2, 0.25) is 5.02 Å². The number of benzene rings is 1. The molecule has 0 bridgehead atoms. The van der Waals surface area contributed by atoms with Gasteiger partial charge in [-0.3, -0.25) is 4.79 Å². The van der Waals surface area contributed by atoms with Crippen LogP contribution in [-0.2, 0) is 4.79 Å². The number of aliphatic hydroxyl groups is 1. The lowest BCUT2D eigenvalue weighted by Gasteiger charge is -2.13. The van der Waals surface area contributed by atoms with Gasteiger partial charge in [0.1, 0.15) is 0 Å². The minimum atomic E-state index is -0.643. The Morgan fingerprint density at radius 2 is 1.89 bits per heavy atom. The summed E-state index contributed by atoms with van der Waals surface area (Å²) in [6.07, 6.45) is -0.643. The van der Waals surface area contributed by atoms with Gasteiger partial charge in [0.15, 0.2) is 0 Å². The largest absolute Gasteiger partial charge is 0.387 e. The number of amides is 1. The fourth-order valence-electron chi connectivity index (χ4n) is 1.51. The van der Waals surface area contributed by atoms with Crippen LogP contribution in [0.4, 0.5) is 0 Å². The standard InChI is InChI=1S/C14H21ClN2O2/c1-10(2)7-17-14(19)9-16-8-13(18)11-3-5-12(15)6-4-11/h3-6,10,13,16,18H,7-9H2,1-2H3,(H,17,19). The molecular weight excluding hydrogens is 264 g/mol. The van der Waals surface area contributed by atoms with Crippen molar-refractivity contribution in [2.24, 2.45) is 5.92 Å². The van der Waals surface area contributed by atoms with Gasteiger partial charge in [-0.1, -0.05) is 37.6 Å². The van der Waals surface area contributed by atoms with E-state index in [4.69, 9.17) is 11.6 Å². The van der Waals surface area contributed by atoms with E-state index >= 15 is 0 Å². The van der Waals surface area contributed by atoms with Gasteiger partial charge in [0, 0.05) is 18.1 Å². The number of halogens is 1. The zero-order chi connectivity index (χ0) is 14.3. The highest BCUT2D eigenvalue weighted by atomic mass is 35.5. The van der Waals surface area contributed by atoms with E-state index < -0.39 is 6.10 Å². The monoisotopic (exact) mass is 284 g/mol. The van der Waals surface area contributed by atoms with E-state index in [2.05, 4.69) is 10.6 Å². The van der Waals surface area contributed by atoms with Crippen molar-refractivity contribution in [1.82, 2.24) is 10.6 Å². The summed E-state index contributed by atoms with van der Waals surface area (Å²) in [6, 6.07) is 7.01. The number of aliphatic hydroxyl groups excluding tert-OH is 1. The summed E-state index contributed by atoms with van der Waals surface area (Å²) in [7, 11) is 0. The molecule has 0 fully saturated rings. The summed E-state index contributed by atoms with van der Waals surface area (Å²) in [5, 5.41) is 16.3. The lowest BCUT2D eigenvalue weighted by molar-refractivity contribution is -0.120. The lowest BCUT2D eigenvalue weighted by Crippen LogP contribution is -2.37. The minimum Gasteiger partial charge on any atom is -0.387 e. The average Bonchev–Trinajstić information content (AvgIpc) is 2.37. The topological polar surface area (TPSA) is 61.4 Å². The Morgan fingerprint density at radius 1 is 1.26 bits per heavy atom. The Kier molecular flexibility index (Phi) is 6.84. The van der Waals surface area contributed by atoms with Gasteiger partial charge in [-0.15, -0.1) is 0 Å². The van der Waals surface area contributed by atoms with E-state index in [0.717, 1.165) is 5.56 Å². The molecule has 1 amide bonds. The Morgan fingerprint density at radius 3 is 2.47 bits per heavy atom. The Labute approximate surface area is 119 Å². The molecule has 1 atom stereocenters. The molecule has 0 spiro atoms. The normalized spacial score (nSPS) is 12.5. The van der Waals surface area contributed by atoms with Crippen molar-refractivity contribution in [2.75, 3.05) is 19.6 Å². The van der Waals surface area contributed by atoms with Crippen LogP contribution in [0.1, 0.15) is 25.5 Å². The molecule has 0 aliphatic rings. The van der Waals surface area contributed by atoms with Gasteiger partial charge >= 0.3 is 0 Å². The summed E-state index contributed by atoms with van der Waals surface area (Å²) in [5.41, 5.74) is 0.777. The molecule has 19 heavy (non-hydrogen) atoms. The molecule has 5 heteroatoms. The van der Waals surface area contributed by atoms with Crippen molar-refractivity contribution in [1.29, 1.82) is 0 Å². The highest BCUT2D eigenvalue weighted by Gasteiger charge is 2.08. The van der Waals surface area contributed by atoms with Crippen molar-refractivity contribution in [3.8, 4) is 0 Å². The van der Waals surface area contributed by atoms with Crippen molar-refractivity contribution >= 4 is 17.5 Å². The van der Waals surface area contributed by atoms with Gasteiger partial charge in [-0.05, 0) is 23.6 Å². The van der Waals surface area contributed by atoms with Gasteiger partial charge < -0.3 is 15.7 Å². The molecule has 0 heterocycles. The van der Waals surface area contributed by atoms with Crippen molar-refractivity contribution in [3.05, 3.63) is 34.9 Å². The number of carbonyl (C=O) groups is 1. The molecule has 0 aromatic heterocycles. The summed E-state index contributed by atoms with van der Waals surface area (Å²) in [5.74, 6) is 0.376. The number of carbonyl (C=O) groups excluding carboxylic acids is 1. The van der Waals surface area contributed by atoms with Crippen LogP contribution >= 0.6 is 11.6 Å². The van der Waals surface area contributed by atoms with Gasteiger partial charge in [-0.25, -0.2) is 0 Å². The zero-order valence-electron chi connectivity index (χ0n) is 11.3. The van der Waals surface area contributed by atoms with Gasteiger partial charge in [0.05, 0.1) is 12.6 Å². The fourth-order valence-corrected chi connectivity index (χ4v) is 1.63. The number of hydrogen-bond acceptors (Lipinski definition) is 3. The average molecular weight is 285 g/mol. The van der Waals surface area contributed by atoms with Crippen LogP contribution in [-0.4, -0.2) is 30.6 Å². The van der Waals surface area contributed by atoms with E-state index in [9.17, 15) is 9.90 Å². The molecule has 1 aromatic carbocycles. The molecule has 1 aromatic rings. The highest BCUT2D eigenvalue weighted by molar-refractivity contribution is 6.30. The second-order valence-corrected chi connectivity index (χ2v) is 5.33.